The largest absolute Gasteiger partial charge is 0.478 e. The predicted octanol–water partition coefficient (Wildman–Crippen LogP) is 3.13. The highest BCUT2D eigenvalue weighted by atomic mass is 19.2. The number of carboxylic acids is 1. The van der Waals surface area contributed by atoms with Crippen LogP contribution in [0, 0.1) is 17.5 Å². The van der Waals surface area contributed by atoms with Crippen molar-refractivity contribution >= 4 is 23.0 Å². The molecule has 0 bridgehead atoms. The van der Waals surface area contributed by atoms with E-state index in [1.165, 1.54) is 6.07 Å². The van der Waals surface area contributed by atoms with E-state index in [1.54, 1.807) is 0 Å². The fraction of sp³-hybridized carbons (Fsp3) is 0. The van der Waals surface area contributed by atoms with Gasteiger partial charge in [0.1, 0.15) is 5.82 Å². The lowest BCUT2D eigenvalue weighted by Gasteiger charge is -2.10. The Kier molecular flexibility index (Phi) is 3.51. The molecule has 0 saturated heterocycles. The second-order valence-electron chi connectivity index (χ2n) is 3.98. The van der Waals surface area contributed by atoms with Crippen LogP contribution in [0.5, 0.6) is 0 Å². The lowest BCUT2D eigenvalue weighted by molar-refractivity contribution is 0.0698. The zero-order valence-electron chi connectivity index (χ0n) is 9.95. The lowest BCUT2D eigenvalue weighted by Crippen LogP contribution is -2.05. The molecule has 0 radical (unpaired) electrons. The molecule has 0 aliphatic heterocycles. The van der Waals surface area contributed by atoms with Crippen LogP contribution in [-0.2, 0) is 0 Å². The Labute approximate surface area is 111 Å². The van der Waals surface area contributed by atoms with Crippen LogP contribution in [-0.4, -0.2) is 11.1 Å². The van der Waals surface area contributed by atoms with E-state index < -0.39 is 23.4 Å². The lowest BCUT2D eigenvalue weighted by atomic mass is 10.1. The van der Waals surface area contributed by atoms with Gasteiger partial charge in [0, 0.05) is 17.4 Å². The van der Waals surface area contributed by atoms with Gasteiger partial charge in [-0.2, -0.15) is 0 Å². The van der Waals surface area contributed by atoms with Crippen LogP contribution in [0.1, 0.15) is 10.4 Å². The highest BCUT2D eigenvalue weighted by Gasteiger charge is 2.14. The summed E-state index contributed by atoms with van der Waals surface area (Å²) >= 11 is 0. The van der Waals surface area contributed by atoms with Gasteiger partial charge in [-0.3, -0.25) is 0 Å². The SMILES string of the molecule is Nc1cc(F)c(Nc2ccc(F)c(F)c2)cc1C(=O)O. The van der Waals surface area contributed by atoms with E-state index in [2.05, 4.69) is 5.32 Å². The number of nitrogens with one attached hydrogen (secondary N) is 1. The van der Waals surface area contributed by atoms with Gasteiger partial charge in [-0.05, 0) is 24.3 Å². The van der Waals surface area contributed by atoms with Crippen LogP contribution in [0.2, 0.25) is 0 Å². The van der Waals surface area contributed by atoms with Crippen LogP contribution in [0.25, 0.3) is 0 Å². The van der Waals surface area contributed by atoms with Gasteiger partial charge in [-0.15, -0.1) is 0 Å². The number of aromatic carboxylic acids is 1. The molecule has 4 N–H and O–H groups in total. The van der Waals surface area contributed by atoms with Crippen molar-refractivity contribution in [3.63, 3.8) is 0 Å². The molecular weight excluding hydrogens is 273 g/mol. The molecule has 104 valence electrons. The van der Waals surface area contributed by atoms with E-state index in [4.69, 9.17) is 10.8 Å². The summed E-state index contributed by atoms with van der Waals surface area (Å²) in [6.07, 6.45) is 0. The third-order valence-electron chi connectivity index (χ3n) is 2.57. The normalized spacial score (nSPS) is 10.3. The van der Waals surface area contributed by atoms with E-state index in [-0.39, 0.29) is 22.6 Å². The van der Waals surface area contributed by atoms with Crippen molar-refractivity contribution in [1.29, 1.82) is 0 Å². The van der Waals surface area contributed by atoms with Crippen molar-refractivity contribution in [3.8, 4) is 0 Å². The maximum absolute atomic E-state index is 13.7. The molecular formula is C13H9F3N2O2. The smallest absolute Gasteiger partial charge is 0.337 e. The highest BCUT2D eigenvalue weighted by molar-refractivity contribution is 5.95. The molecule has 0 aromatic heterocycles. The zero-order chi connectivity index (χ0) is 14.9. The Balaban J connectivity index is 2.40. The minimum absolute atomic E-state index is 0.0731. The number of carbonyl (C=O) groups is 1. The Morgan fingerprint density at radius 1 is 1.05 bits per heavy atom. The predicted molar refractivity (Wildman–Crippen MR) is 67.4 cm³/mol. The number of nitrogens with two attached hydrogens (primary N) is 1. The molecule has 0 spiro atoms. The number of hydrogen-bond acceptors (Lipinski definition) is 3. The maximum Gasteiger partial charge on any atom is 0.337 e. The molecule has 4 nitrogen and oxygen atoms in total. The van der Waals surface area contributed by atoms with Gasteiger partial charge in [0.05, 0.1) is 11.3 Å². The molecule has 0 aliphatic rings. The van der Waals surface area contributed by atoms with Crippen molar-refractivity contribution < 1.29 is 23.1 Å². The minimum Gasteiger partial charge on any atom is -0.478 e. The fourth-order valence-electron chi connectivity index (χ4n) is 1.60. The van der Waals surface area contributed by atoms with Crippen molar-refractivity contribution in [1.82, 2.24) is 0 Å². The molecule has 0 heterocycles. The maximum atomic E-state index is 13.7. The van der Waals surface area contributed by atoms with Crippen LogP contribution in [0.3, 0.4) is 0 Å². The second-order valence-corrected chi connectivity index (χ2v) is 3.98. The molecule has 2 aromatic carbocycles. The average molecular weight is 282 g/mol. The minimum atomic E-state index is -1.32. The van der Waals surface area contributed by atoms with Gasteiger partial charge >= 0.3 is 5.97 Å². The van der Waals surface area contributed by atoms with Crippen molar-refractivity contribution in [2.24, 2.45) is 0 Å². The summed E-state index contributed by atoms with van der Waals surface area (Å²) in [4.78, 5) is 10.9. The van der Waals surface area contributed by atoms with Crippen LogP contribution >= 0.6 is 0 Å². The van der Waals surface area contributed by atoms with Gasteiger partial charge in [0.15, 0.2) is 11.6 Å². The van der Waals surface area contributed by atoms with Crippen molar-refractivity contribution in [2.45, 2.75) is 0 Å². The quantitative estimate of drug-likeness (QED) is 0.756. The summed E-state index contributed by atoms with van der Waals surface area (Å²) in [6.45, 7) is 0. The molecule has 0 amide bonds. The Hall–Kier alpha value is -2.70. The first kappa shape index (κ1) is 13.7. The number of hydrogen-bond donors (Lipinski definition) is 3. The fourth-order valence-corrected chi connectivity index (χ4v) is 1.60. The number of benzene rings is 2. The van der Waals surface area contributed by atoms with Crippen molar-refractivity contribution in [3.05, 3.63) is 53.3 Å². The molecule has 2 rings (SSSR count). The van der Waals surface area contributed by atoms with Crippen molar-refractivity contribution in [2.75, 3.05) is 11.1 Å². The molecule has 0 unspecified atom stereocenters. The molecule has 0 fully saturated rings. The third kappa shape index (κ3) is 2.66. The molecule has 0 saturated carbocycles. The summed E-state index contributed by atoms with van der Waals surface area (Å²) in [7, 11) is 0. The van der Waals surface area contributed by atoms with Crippen LogP contribution < -0.4 is 11.1 Å². The second kappa shape index (κ2) is 5.12. The number of carboxylic acid groups (broad SMARTS) is 1. The highest BCUT2D eigenvalue weighted by Crippen LogP contribution is 2.26. The number of halogens is 3. The van der Waals surface area contributed by atoms with E-state index in [0.717, 1.165) is 24.3 Å². The summed E-state index contributed by atoms with van der Waals surface area (Å²) in [5, 5.41) is 11.3. The summed E-state index contributed by atoms with van der Waals surface area (Å²) in [5.41, 5.74) is 4.71. The molecule has 0 atom stereocenters. The van der Waals surface area contributed by atoms with E-state index in [0.29, 0.717) is 0 Å². The summed E-state index contributed by atoms with van der Waals surface area (Å²) < 4.78 is 39.5. The summed E-state index contributed by atoms with van der Waals surface area (Å²) in [6, 6.07) is 4.70. The Morgan fingerprint density at radius 2 is 1.75 bits per heavy atom. The number of rotatable bonds is 3. The van der Waals surface area contributed by atoms with Gasteiger partial charge in [-0.1, -0.05) is 0 Å². The van der Waals surface area contributed by atoms with E-state index in [1.807, 2.05) is 0 Å². The van der Waals surface area contributed by atoms with Crippen LogP contribution in [0.4, 0.5) is 30.2 Å². The van der Waals surface area contributed by atoms with Crippen LogP contribution in [0.15, 0.2) is 30.3 Å². The first-order chi connectivity index (χ1) is 9.38. The Morgan fingerprint density at radius 3 is 2.35 bits per heavy atom. The van der Waals surface area contributed by atoms with Gasteiger partial charge in [0.2, 0.25) is 0 Å². The van der Waals surface area contributed by atoms with Gasteiger partial charge < -0.3 is 16.2 Å². The van der Waals surface area contributed by atoms with Gasteiger partial charge in [0.25, 0.3) is 0 Å². The van der Waals surface area contributed by atoms with E-state index in [9.17, 15) is 18.0 Å². The molecule has 7 heteroatoms. The molecule has 0 aliphatic carbocycles. The first-order valence-electron chi connectivity index (χ1n) is 5.43. The number of nitrogen functional groups attached to an aromatic ring is 1. The topological polar surface area (TPSA) is 75.3 Å². The summed E-state index contributed by atoms with van der Waals surface area (Å²) in [5.74, 6) is -4.28. The zero-order valence-corrected chi connectivity index (χ0v) is 9.95. The Bertz CT molecular complexity index is 690. The van der Waals surface area contributed by atoms with Gasteiger partial charge in [-0.25, -0.2) is 18.0 Å². The number of anilines is 3. The standard InChI is InChI=1S/C13H9F3N2O2/c14-8-2-1-6(3-9(8)15)18-12-4-7(13(19)20)11(17)5-10(12)16/h1-5,18H,17H2,(H,19,20). The van der Waals surface area contributed by atoms with E-state index >= 15 is 0 Å². The average Bonchev–Trinajstić information content (AvgIpc) is 2.36. The monoisotopic (exact) mass is 282 g/mol. The molecule has 2 aromatic rings. The first-order valence-corrected chi connectivity index (χ1v) is 5.43. The third-order valence-corrected chi connectivity index (χ3v) is 2.57. The molecule has 20 heavy (non-hydrogen) atoms.